The average Bonchev–Trinajstić information content (AvgIpc) is 2.88. The van der Waals surface area contributed by atoms with Gasteiger partial charge in [-0.05, 0) is 12.1 Å². The molecule has 2 heterocycles. The van der Waals surface area contributed by atoms with Crippen LogP contribution >= 0.6 is 0 Å². The molecular weight excluding hydrogens is 232 g/mol. The Morgan fingerprint density at radius 1 is 1.33 bits per heavy atom. The standard InChI is InChI=1S/C12H12N4O2/c1-2-11(17)10-4-3-9(6-14-10)16-7-8(5-15-16)12(13)18/h3-7H,2H2,1H3,(H2,13,18). The number of carbonyl (C=O) groups is 2. The normalized spacial score (nSPS) is 10.3. The van der Waals surface area contributed by atoms with Gasteiger partial charge in [0.15, 0.2) is 5.78 Å². The van der Waals surface area contributed by atoms with E-state index in [1.807, 2.05) is 0 Å². The SMILES string of the molecule is CCC(=O)c1ccc(-n2cc(C(N)=O)cn2)cn1. The van der Waals surface area contributed by atoms with Crippen molar-refractivity contribution in [1.29, 1.82) is 0 Å². The summed E-state index contributed by atoms with van der Waals surface area (Å²) in [5, 5.41) is 3.99. The van der Waals surface area contributed by atoms with Crippen molar-refractivity contribution in [3.63, 3.8) is 0 Å². The van der Waals surface area contributed by atoms with Gasteiger partial charge < -0.3 is 5.73 Å². The van der Waals surface area contributed by atoms with Gasteiger partial charge in [0.25, 0.3) is 5.91 Å². The van der Waals surface area contributed by atoms with Gasteiger partial charge in [0, 0.05) is 12.6 Å². The molecular formula is C12H12N4O2. The van der Waals surface area contributed by atoms with E-state index in [2.05, 4.69) is 10.1 Å². The largest absolute Gasteiger partial charge is 0.366 e. The predicted octanol–water partition coefficient (Wildman–Crippen LogP) is 0.959. The fourth-order valence-corrected chi connectivity index (χ4v) is 1.46. The van der Waals surface area contributed by atoms with Crippen molar-refractivity contribution in [2.75, 3.05) is 0 Å². The summed E-state index contributed by atoms with van der Waals surface area (Å²) in [6.45, 7) is 1.78. The minimum Gasteiger partial charge on any atom is -0.366 e. The molecule has 0 aliphatic carbocycles. The average molecular weight is 244 g/mol. The Morgan fingerprint density at radius 3 is 2.61 bits per heavy atom. The monoisotopic (exact) mass is 244 g/mol. The summed E-state index contributed by atoms with van der Waals surface area (Å²) < 4.78 is 1.48. The van der Waals surface area contributed by atoms with Crippen LogP contribution in [0.3, 0.4) is 0 Å². The van der Waals surface area contributed by atoms with Crippen LogP contribution in [0.2, 0.25) is 0 Å². The molecule has 0 saturated heterocycles. The minimum atomic E-state index is -0.535. The molecule has 2 rings (SSSR count). The highest BCUT2D eigenvalue weighted by atomic mass is 16.1. The van der Waals surface area contributed by atoms with Gasteiger partial charge in [-0.15, -0.1) is 0 Å². The first-order valence-corrected chi connectivity index (χ1v) is 5.46. The highest BCUT2D eigenvalue weighted by Gasteiger charge is 2.07. The van der Waals surface area contributed by atoms with Crippen molar-refractivity contribution in [2.45, 2.75) is 13.3 Å². The smallest absolute Gasteiger partial charge is 0.251 e. The molecule has 6 nitrogen and oxygen atoms in total. The van der Waals surface area contributed by atoms with Gasteiger partial charge in [-0.3, -0.25) is 14.6 Å². The third kappa shape index (κ3) is 2.27. The summed E-state index contributed by atoms with van der Waals surface area (Å²) in [5.41, 5.74) is 6.54. The molecule has 6 heteroatoms. The summed E-state index contributed by atoms with van der Waals surface area (Å²) in [5.74, 6) is -0.549. The molecule has 2 N–H and O–H groups in total. The molecule has 92 valence electrons. The maximum atomic E-state index is 11.4. The van der Waals surface area contributed by atoms with E-state index in [1.165, 1.54) is 23.3 Å². The first kappa shape index (κ1) is 12.0. The molecule has 0 aliphatic heterocycles. The van der Waals surface area contributed by atoms with Crippen molar-refractivity contribution in [1.82, 2.24) is 14.8 Å². The molecule has 0 atom stereocenters. The van der Waals surface area contributed by atoms with E-state index in [4.69, 9.17) is 5.73 Å². The number of Topliss-reactive ketones (excluding diaryl/α,β-unsaturated/α-hetero) is 1. The topological polar surface area (TPSA) is 90.9 Å². The second-order valence-corrected chi connectivity index (χ2v) is 3.72. The zero-order valence-corrected chi connectivity index (χ0v) is 9.83. The van der Waals surface area contributed by atoms with Gasteiger partial charge in [0.2, 0.25) is 0 Å². The van der Waals surface area contributed by atoms with Crippen molar-refractivity contribution in [2.24, 2.45) is 5.73 Å². The van der Waals surface area contributed by atoms with Gasteiger partial charge in [0.05, 0.1) is 23.6 Å². The highest BCUT2D eigenvalue weighted by Crippen LogP contribution is 2.08. The predicted molar refractivity (Wildman–Crippen MR) is 64.5 cm³/mol. The molecule has 18 heavy (non-hydrogen) atoms. The number of nitrogens with two attached hydrogens (primary N) is 1. The van der Waals surface area contributed by atoms with E-state index in [1.54, 1.807) is 19.1 Å². The lowest BCUT2D eigenvalue weighted by molar-refractivity contribution is 0.0980. The van der Waals surface area contributed by atoms with Crippen LogP contribution in [0.25, 0.3) is 5.69 Å². The van der Waals surface area contributed by atoms with Crippen molar-refractivity contribution in [3.05, 3.63) is 42.0 Å². The van der Waals surface area contributed by atoms with Crippen LogP contribution < -0.4 is 5.73 Å². The maximum Gasteiger partial charge on any atom is 0.251 e. The summed E-state index contributed by atoms with van der Waals surface area (Å²) in [6, 6.07) is 3.35. The van der Waals surface area contributed by atoms with Crippen molar-refractivity contribution >= 4 is 11.7 Å². The Labute approximate surface area is 103 Å². The molecule has 0 aromatic carbocycles. The number of carbonyl (C=O) groups excluding carboxylic acids is 2. The second-order valence-electron chi connectivity index (χ2n) is 3.72. The summed E-state index contributed by atoms with van der Waals surface area (Å²) in [4.78, 5) is 26.4. The Balaban J connectivity index is 2.28. The van der Waals surface area contributed by atoms with E-state index in [0.29, 0.717) is 23.4 Å². The Morgan fingerprint density at radius 2 is 2.11 bits per heavy atom. The molecule has 0 aliphatic rings. The van der Waals surface area contributed by atoms with E-state index in [0.717, 1.165) is 0 Å². The van der Waals surface area contributed by atoms with Gasteiger partial charge >= 0.3 is 0 Å². The van der Waals surface area contributed by atoms with Crippen LogP contribution in [0.4, 0.5) is 0 Å². The molecule has 0 fully saturated rings. The molecule has 0 bridgehead atoms. The van der Waals surface area contributed by atoms with Crippen LogP contribution in [0.1, 0.15) is 34.2 Å². The molecule has 0 saturated carbocycles. The van der Waals surface area contributed by atoms with Crippen LogP contribution in [0, 0.1) is 0 Å². The Hall–Kier alpha value is -2.50. The van der Waals surface area contributed by atoms with Gasteiger partial charge in [0.1, 0.15) is 5.69 Å². The first-order valence-electron chi connectivity index (χ1n) is 5.46. The zero-order chi connectivity index (χ0) is 13.1. The number of ketones is 1. The second kappa shape index (κ2) is 4.79. The quantitative estimate of drug-likeness (QED) is 0.811. The number of hydrogen-bond donors (Lipinski definition) is 1. The van der Waals surface area contributed by atoms with E-state index in [-0.39, 0.29) is 5.78 Å². The number of pyridine rings is 1. The molecule has 1 amide bonds. The van der Waals surface area contributed by atoms with Crippen LogP contribution in [-0.2, 0) is 0 Å². The zero-order valence-electron chi connectivity index (χ0n) is 9.83. The van der Waals surface area contributed by atoms with Gasteiger partial charge in [-0.2, -0.15) is 5.10 Å². The third-order valence-electron chi connectivity index (χ3n) is 2.49. The highest BCUT2D eigenvalue weighted by molar-refractivity contribution is 5.94. The van der Waals surface area contributed by atoms with Crippen molar-refractivity contribution in [3.8, 4) is 5.69 Å². The van der Waals surface area contributed by atoms with Gasteiger partial charge in [-0.1, -0.05) is 6.92 Å². The summed E-state index contributed by atoms with van der Waals surface area (Å²) in [7, 11) is 0. The van der Waals surface area contributed by atoms with E-state index >= 15 is 0 Å². The number of amides is 1. The van der Waals surface area contributed by atoms with Crippen LogP contribution in [0.15, 0.2) is 30.7 Å². The first-order chi connectivity index (χ1) is 8.61. The van der Waals surface area contributed by atoms with E-state index in [9.17, 15) is 9.59 Å². The number of aromatic nitrogens is 3. The Bertz CT molecular complexity index is 586. The Kier molecular flexibility index (Phi) is 3.18. The fourth-order valence-electron chi connectivity index (χ4n) is 1.46. The molecule has 2 aromatic heterocycles. The number of nitrogens with zero attached hydrogens (tertiary/aromatic N) is 3. The molecule has 0 unspecified atom stereocenters. The summed E-state index contributed by atoms with van der Waals surface area (Å²) >= 11 is 0. The number of primary amides is 1. The lowest BCUT2D eigenvalue weighted by Gasteiger charge is -2.01. The van der Waals surface area contributed by atoms with E-state index < -0.39 is 5.91 Å². The molecule has 0 radical (unpaired) electrons. The lowest BCUT2D eigenvalue weighted by atomic mass is 10.2. The van der Waals surface area contributed by atoms with Crippen LogP contribution in [0.5, 0.6) is 0 Å². The molecule has 0 spiro atoms. The third-order valence-corrected chi connectivity index (χ3v) is 2.49. The summed E-state index contributed by atoms with van der Waals surface area (Å²) in [6.07, 6.45) is 4.84. The van der Waals surface area contributed by atoms with Gasteiger partial charge in [-0.25, -0.2) is 4.68 Å². The lowest BCUT2D eigenvalue weighted by Crippen LogP contribution is -2.09. The number of rotatable bonds is 4. The fraction of sp³-hybridized carbons (Fsp3) is 0.167. The minimum absolute atomic E-state index is 0.0140. The van der Waals surface area contributed by atoms with Crippen molar-refractivity contribution < 1.29 is 9.59 Å². The van der Waals surface area contributed by atoms with Crippen LogP contribution in [-0.4, -0.2) is 26.5 Å². The molecule has 2 aromatic rings. The maximum absolute atomic E-state index is 11.4. The number of hydrogen-bond acceptors (Lipinski definition) is 4.